The highest BCUT2D eigenvalue weighted by molar-refractivity contribution is 5.94. The molecule has 0 spiro atoms. The average Bonchev–Trinajstić information content (AvgIpc) is 2.86. The molecule has 7 nitrogen and oxygen atoms in total. The van der Waals surface area contributed by atoms with Crippen molar-refractivity contribution >= 4 is 17.6 Å². The van der Waals surface area contributed by atoms with Gasteiger partial charge in [-0.2, -0.15) is 0 Å². The van der Waals surface area contributed by atoms with E-state index >= 15 is 0 Å². The Morgan fingerprint density at radius 1 is 1.12 bits per heavy atom. The van der Waals surface area contributed by atoms with Gasteiger partial charge in [0.15, 0.2) is 17.5 Å². The van der Waals surface area contributed by atoms with Crippen LogP contribution in [0.4, 0.5) is 5.69 Å². The normalized spacial score (nSPS) is 18.3. The van der Waals surface area contributed by atoms with Crippen molar-refractivity contribution in [2.45, 2.75) is 44.6 Å². The Bertz CT molecular complexity index is 627. The van der Waals surface area contributed by atoms with Crippen LogP contribution >= 0.6 is 0 Å². The third kappa shape index (κ3) is 5.27. The second-order valence-electron chi connectivity index (χ2n) is 6.44. The Balaban J connectivity index is 1.50. The number of nitrogens with two attached hydrogens (primary N) is 1. The monoisotopic (exact) mass is 346 g/mol. The van der Waals surface area contributed by atoms with Gasteiger partial charge in [0.05, 0.1) is 13.2 Å². The van der Waals surface area contributed by atoms with Crippen molar-refractivity contribution in [3.8, 4) is 11.5 Å². The summed E-state index contributed by atoms with van der Waals surface area (Å²) in [5.74, 6) is 1.53. The fourth-order valence-corrected chi connectivity index (χ4v) is 3.11. The molecule has 1 aliphatic heterocycles. The molecule has 4 N–H and O–H groups in total. The first-order valence-electron chi connectivity index (χ1n) is 8.96. The Kier molecular flexibility index (Phi) is 5.98. The van der Waals surface area contributed by atoms with Crippen molar-refractivity contribution in [3.63, 3.8) is 0 Å². The Morgan fingerprint density at radius 2 is 1.88 bits per heavy atom. The summed E-state index contributed by atoms with van der Waals surface area (Å²) >= 11 is 0. The van der Waals surface area contributed by atoms with Crippen LogP contribution in [-0.4, -0.2) is 37.7 Å². The largest absolute Gasteiger partial charge is 0.490 e. The lowest BCUT2D eigenvalue weighted by molar-refractivity contribution is -0.120. The van der Waals surface area contributed by atoms with Crippen LogP contribution < -0.4 is 25.8 Å². The summed E-state index contributed by atoms with van der Waals surface area (Å²) in [6.07, 6.45) is 6.60. The van der Waals surface area contributed by atoms with E-state index in [9.17, 15) is 4.79 Å². The molecule has 1 aromatic rings. The van der Waals surface area contributed by atoms with Crippen molar-refractivity contribution in [1.82, 2.24) is 5.32 Å². The standard InChI is InChI=1S/C18H26N4O3/c19-18(20-12-17(23)21-13-5-2-1-3-6-13)22-14-7-8-15-16(11-14)25-10-4-9-24-15/h7-8,11,13H,1-6,9-10,12H2,(H,21,23)(H3,19,20,22). The summed E-state index contributed by atoms with van der Waals surface area (Å²) in [5.41, 5.74) is 6.63. The maximum Gasteiger partial charge on any atom is 0.242 e. The second kappa shape index (κ2) is 8.60. The Morgan fingerprint density at radius 3 is 2.68 bits per heavy atom. The van der Waals surface area contributed by atoms with Crippen LogP contribution in [0.1, 0.15) is 38.5 Å². The highest BCUT2D eigenvalue weighted by Crippen LogP contribution is 2.32. The number of ether oxygens (including phenoxy) is 2. The average molecular weight is 346 g/mol. The lowest BCUT2D eigenvalue weighted by Crippen LogP contribution is -2.38. The molecule has 0 aromatic heterocycles. The third-order valence-corrected chi connectivity index (χ3v) is 4.38. The topological polar surface area (TPSA) is 98.0 Å². The molecular weight excluding hydrogens is 320 g/mol. The summed E-state index contributed by atoms with van der Waals surface area (Å²) in [7, 11) is 0. The SMILES string of the molecule is NC(=NCC(=O)NC1CCCCC1)Nc1ccc2c(c1)OCCCO2. The number of nitrogens with one attached hydrogen (secondary N) is 2. The number of guanidine groups is 1. The first-order chi connectivity index (χ1) is 12.2. The molecule has 1 aromatic carbocycles. The van der Waals surface area contributed by atoms with Crippen LogP contribution in [-0.2, 0) is 4.79 Å². The molecule has 7 heteroatoms. The maximum absolute atomic E-state index is 12.0. The number of hydrogen-bond donors (Lipinski definition) is 3. The molecule has 3 rings (SSSR count). The van der Waals surface area contributed by atoms with Crippen molar-refractivity contribution in [1.29, 1.82) is 0 Å². The molecular formula is C18H26N4O3. The predicted molar refractivity (Wildman–Crippen MR) is 97.2 cm³/mol. The number of nitrogens with zero attached hydrogens (tertiary/aromatic N) is 1. The van der Waals surface area contributed by atoms with Crippen molar-refractivity contribution in [2.24, 2.45) is 10.7 Å². The minimum Gasteiger partial charge on any atom is -0.490 e. The van der Waals surface area contributed by atoms with Crippen molar-refractivity contribution in [2.75, 3.05) is 25.1 Å². The van der Waals surface area contributed by atoms with E-state index in [-0.39, 0.29) is 24.5 Å². The van der Waals surface area contributed by atoms with E-state index in [1.807, 2.05) is 18.2 Å². The molecule has 25 heavy (non-hydrogen) atoms. The van der Waals surface area contributed by atoms with Gasteiger partial charge in [0, 0.05) is 24.2 Å². The van der Waals surface area contributed by atoms with Gasteiger partial charge in [-0.3, -0.25) is 4.79 Å². The van der Waals surface area contributed by atoms with Crippen LogP contribution in [0.2, 0.25) is 0 Å². The van der Waals surface area contributed by atoms with E-state index in [4.69, 9.17) is 15.2 Å². The molecule has 1 fully saturated rings. The summed E-state index contributed by atoms with van der Waals surface area (Å²) < 4.78 is 11.2. The molecule has 2 aliphatic rings. The molecule has 0 saturated heterocycles. The third-order valence-electron chi connectivity index (χ3n) is 4.38. The van der Waals surface area contributed by atoms with Gasteiger partial charge in [-0.1, -0.05) is 19.3 Å². The number of carbonyl (C=O) groups excluding carboxylic acids is 1. The molecule has 1 amide bonds. The molecule has 0 atom stereocenters. The highest BCUT2D eigenvalue weighted by Gasteiger charge is 2.15. The fourth-order valence-electron chi connectivity index (χ4n) is 3.11. The van der Waals surface area contributed by atoms with Gasteiger partial charge in [-0.15, -0.1) is 0 Å². The van der Waals surface area contributed by atoms with Crippen LogP contribution in [0.3, 0.4) is 0 Å². The number of hydrogen-bond acceptors (Lipinski definition) is 4. The first kappa shape index (κ1) is 17.4. The minimum atomic E-state index is -0.0877. The number of fused-ring (bicyclic) bond motifs is 1. The van der Waals surface area contributed by atoms with Gasteiger partial charge in [0.2, 0.25) is 5.91 Å². The van der Waals surface area contributed by atoms with E-state index in [0.717, 1.165) is 30.7 Å². The van der Waals surface area contributed by atoms with Crippen LogP contribution in [0.25, 0.3) is 0 Å². The zero-order valence-electron chi connectivity index (χ0n) is 14.4. The molecule has 1 heterocycles. The van der Waals surface area contributed by atoms with Gasteiger partial charge in [-0.05, 0) is 25.0 Å². The second-order valence-corrected chi connectivity index (χ2v) is 6.44. The van der Waals surface area contributed by atoms with Gasteiger partial charge < -0.3 is 25.8 Å². The van der Waals surface area contributed by atoms with Gasteiger partial charge >= 0.3 is 0 Å². The van der Waals surface area contributed by atoms with E-state index < -0.39 is 0 Å². The van der Waals surface area contributed by atoms with Crippen molar-refractivity contribution < 1.29 is 14.3 Å². The lowest BCUT2D eigenvalue weighted by atomic mass is 9.95. The summed E-state index contributed by atoms with van der Waals surface area (Å²) in [6.45, 7) is 1.31. The maximum atomic E-state index is 12.0. The molecule has 0 radical (unpaired) electrons. The Labute approximate surface area is 148 Å². The number of rotatable bonds is 4. The molecule has 0 bridgehead atoms. The molecule has 1 saturated carbocycles. The Hall–Kier alpha value is -2.44. The summed E-state index contributed by atoms with van der Waals surface area (Å²) in [4.78, 5) is 16.1. The predicted octanol–water partition coefficient (Wildman–Crippen LogP) is 2.02. The lowest BCUT2D eigenvalue weighted by Gasteiger charge is -2.22. The molecule has 0 unspecified atom stereocenters. The number of amides is 1. The van der Waals surface area contributed by atoms with Crippen LogP contribution in [0, 0.1) is 0 Å². The van der Waals surface area contributed by atoms with Gasteiger partial charge in [-0.25, -0.2) is 4.99 Å². The number of carbonyl (C=O) groups is 1. The highest BCUT2D eigenvalue weighted by atomic mass is 16.5. The molecule has 1 aliphatic carbocycles. The summed E-state index contributed by atoms with van der Waals surface area (Å²) in [5, 5.41) is 6.00. The smallest absolute Gasteiger partial charge is 0.242 e. The van der Waals surface area contributed by atoms with Crippen LogP contribution in [0.5, 0.6) is 11.5 Å². The zero-order chi connectivity index (χ0) is 17.5. The number of anilines is 1. The number of benzene rings is 1. The van der Waals surface area contributed by atoms with Gasteiger partial charge in [0.25, 0.3) is 0 Å². The van der Waals surface area contributed by atoms with E-state index in [1.165, 1.54) is 19.3 Å². The zero-order valence-corrected chi connectivity index (χ0v) is 14.4. The number of aliphatic imine (C=N–C) groups is 1. The van der Waals surface area contributed by atoms with Gasteiger partial charge in [0.1, 0.15) is 6.54 Å². The minimum absolute atomic E-state index is 0.0277. The summed E-state index contributed by atoms with van der Waals surface area (Å²) in [6, 6.07) is 5.79. The quantitative estimate of drug-likeness (QED) is 0.572. The fraction of sp³-hybridized carbons (Fsp3) is 0.556. The first-order valence-corrected chi connectivity index (χ1v) is 8.96. The van der Waals surface area contributed by atoms with E-state index in [2.05, 4.69) is 15.6 Å². The molecule has 136 valence electrons. The van der Waals surface area contributed by atoms with Crippen LogP contribution in [0.15, 0.2) is 23.2 Å². The van der Waals surface area contributed by atoms with E-state index in [1.54, 1.807) is 0 Å². The van der Waals surface area contributed by atoms with Crippen molar-refractivity contribution in [3.05, 3.63) is 18.2 Å². The van der Waals surface area contributed by atoms with E-state index in [0.29, 0.717) is 19.0 Å².